The van der Waals surface area contributed by atoms with E-state index < -0.39 is 0 Å². The van der Waals surface area contributed by atoms with Crippen LogP contribution in [0.2, 0.25) is 0 Å². The van der Waals surface area contributed by atoms with Crippen molar-refractivity contribution in [1.29, 1.82) is 0 Å². The Morgan fingerprint density at radius 3 is 2.25 bits per heavy atom. The van der Waals surface area contributed by atoms with Gasteiger partial charge >= 0.3 is 5.97 Å². The van der Waals surface area contributed by atoms with Crippen LogP contribution in [-0.2, 0) is 22.4 Å². The molecule has 0 aliphatic heterocycles. The first-order chi connectivity index (χ1) is 11.7. The molecule has 1 aliphatic rings. The lowest BCUT2D eigenvalue weighted by molar-refractivity contribution is -0.140. The van der Waals surface area contributed by atoms with E-state index >= 15 is 0 Å². The fourth-order valence-corrected chi connectivity index (χ4v) is 3.72. The predicted molar refractivity (Wildman–Crippen MR) is 98.8 cm³/mol. The minimum atomic E-state index is -0.0974. The second-order valence-corrected chi connectivity index (χ2v) is 7.28. The first-order valence-corrected chi connectivity index (χ1v) is 9.56. The molecule has 24 heavy (non-hydrogen) atoms. The molecule has 1 aromatic carbocycles. The minimum Gasteiger partial charge on any atom is -0.469 e. The van der Waals surface area contributed by atoms with Crippen molar-refractivity contribution in [3.63, 3.8) is 0 Å². The number of carbonyl (C=O) groups is 1. The summed E-state index contributed by atoms with van der Waals surface area (Å²) in [4.78, 5) is 11.1. The van der Waals surface area contributed by atoms with Gasteiger partial charge in [0, 0.05) is 6.42 Å². The third kappa shape index (κ3) is 6.64. The minimum absolute atomic E-state index is 0.0974. The molecule has 2 rings (SSSR count). The highest BCUT2D eigenvalue weighted by Gasteiger charge is 2.20. The fourth-order valence-electron chi connectivity index (χ4n) is 3.72. The Balaban J connectivity index is 1.65. The van der Waals surface area contributed by atoms with E-state index in [1.807, 2.05) is 0 Å². The first kappa shape index (κ1) is 19.0. The Hall–Kier alpha value is -1.35. The maximum absolute atomic E-state index is 11.1. The summed E-state index contributed by atoms with van der Waals surface area (Å²) in [7, 11) is 1.45. The summed E-state index contributed by atoms with van der Waals surface area (Å²) in [5.41, 5.74) is 8.65. The van der Waals surface area contributed by atoms with Gasteiger partial charge in [-0.2, -0.15) is 0 Å². The van der Waals surface area contributed by atoms with Crippen LogP contribution in [0.15, 0.2) is 24.3 Å². The van der Waals surface area contributed by atoms with E-state index in [1.165, 1.54) is 50.3 Å². The average molecular weight is 332 g/mol. The second kappa shape index (κ2) is 10.5. The summed E-state index contributed by atoms with van der Waals surface area (Å²) in [5.74, 6) is 1.51. The van der Waals surface area contributed by atoms with E-state index in [4.69, 9.17) is 5.73 Å². The summed E-state index contributed by atoms with van der Waals surface area (Å²) in [6, 6.07) is 9.17. The van der Waals surface area contributed by atoms with Crippen LogP contribution >= 0.6 is 0 Å². The summed E-state index contributed by atoms with van der Waals surface area (Å²) in [6.07, 6.45) is 11.3. The lowest BCUT2D eigenvalue weighted by atomic mass is 9.79. The molecule has 0 saturated heterocycles. The number of nitrogens with two attached hydrogens (primary N) is 1. The van der Waals surface area contributed by atoms with Crippen LogP contribution in [0.4, 0.5) is 0 Å². The summed E-state index contributed by atoms with van der Waals surface area (Å²) < 4.78 is 4.66. The molecule has 0 amide bonds. The van der Waals surface area contributed by atoms with Gasteiger partial charge in [-0.3, -0.25) is 4.79 Å². The van der Waals surface area contributed by atoms with Crippen LogP contribution in [0.1, 0.15) is 62.5 Å². The van der Waals surface area contributed by atoms with Crippen molar-refractivity contribution in [3.05, 3.63) is 35.4 Å². The second-order valence-electron chi connectivity index (χ2n) is 7.28. The molecule has 134 valence electrons. The highest BCUT2D eigenvalue weighted by Crippen LogP contribution is 2.30. The van der Waals surface area contributed by atoms with Gasteiger partial charge in [0.1, 0.15) is 0 Å². The van der Waals surface area contributed by atoms with Crippen LogP contribution in [0.3, 0.4) is 0 Å². The van der Waals surface area contributed by atoms with Gasteiger partial charge in [-0.05, 0) is 80.9 Å². The van der Waals surface area contributed by atoms with Crippen molar-refractivity contribution in [2.24, 2.45) is 17.6 Å². The molecule has 3 nitrogen and oxygen atoms in total. The Bertz CT molecular complexity index is 475. The molecule has 0 unspecified atom stereocenters. The summed E-state index contributed by atoms with van der Waals surface area (Å²) >= 11 is 0. The standard InChI is InChI=1S/C21H33NO2/c1-24-21(23)6-4-2-3-5-17-7-9-18(10-8-17)15-19-11-13-20(16-22)14-12-19/h7-10,19-20H,2-6,11-16,22H2,1H3. The molecule has 3 heteroatoms. The number of aryl methyl sites for hydroxylation is 1. The van der Waals surface area contributed by atoms with Crippen molar-refractivity contribution in [2.45, 2.75) is 64.2 Å². The summed E-state index contributed by atoms with van der Waals surface area (Å²) in [6.45, 7) is 0.862. The van der Waals surface area contributed by atoms with E-state index in [0.717, 1.165) is 44.1 Å². The number of hydrogen-bond donors (Lipinski definition) is 1. The number of rotatable bonds is 9. The third-order valence-corrected chi connectivity index (χ3v) is 5.42. The quantitative estimate of drug-likeness (QED) is 0.543. The van der Waals surface area contributed by atoms with E-state index in [1.54, 1.807) is 0 Å². The zero-order chi connectivity index (χ0) is 17.2. The van der Waals surface area contributed by atoms with Gasteiger partial charge < -0.3 is 10.5 Å². The zero-order valence-electron chi connectivity index (χ0n) is 15.1. The topological polar surface area (TPSA) is 52.3 Å². The maximum Gasteiger partial charge on any atom is 0.305 e. The molecule has 1 aliphatic carbocycles. The summed E-state index contributed by atoms with van der Waals surface area (Å²) in [5, 5.41) is 0. The number of esters is 1. The van der Waals surface area contributed by atoms with Gasteiger partial charge in [-0.25, -0.2) is 0 Å². The smallest absolute Gasteiger partial charge is 0.305 e. The number of methoxy groups -OCH3 is 1. The first-order valence-electron chi connectivity index (χ1n) is 9.56. The largest absolute Gasteiger partial charge is 0.469 e. The van der Waals surface area contributed by atoms with Crippen molar-refractivity contribution in [1.82, 2.24) is 0 Å². The lowest BCUT2D eigenvalue weighted by Gasteiger charge is -2.27. The van der Waals surface area contributed by atoms with Crippen molar-refractivity contribution < 1.29 is 9.53 Å². The molecule has 0 radical (unpaired) electrons. The van der Waals surface area contributed by atoms with Crippen molar-refractivity contribution >= 4 is 5.97 Å². The number of ether oxygens (including phenoxy) is 1. The predicted octanol–water partition coefficient (Wildman–Crippen LogP) is 4.27. The van der Waals surface area contributed by atoms with Crippen molar-refractivity contribution in [3.8, 4) is 0 Å². The van der Waals surface area contributed by atoms with Gasteiger partial charge in [0.25, 0.3) is 0 Å². The van der Waals surface area contributed by atoms with Crippen LogP contribution in [-0.4, -0.2) is 19.6 Å². The van der Waals surface area contributed by atoms with Crippen LogP contribution in [0.25, 0.3) is 0 Å². The van der Waals surface area contributed by atoms with Crippen LogP contribution in [0, 0.1) is 11.8 Å². The van der Waals surface area contributed by atoms with Crippen LogP contribution in [0.5, 0.6) is 0 Å². The Morgan fingerprint density at radius 2 is 1.62 bits per heavy atom. The van der Waals surface area contributed by atoms with E-state index in [-0.39, 0.29) is 5.97 Å². The number of unbranched alkanes of at least 4 members (excludes halogenated alkanes) is 2. The number of benzene rings is 1. The highest BCUT2D eigenvalue weighted by atomic mass is 16.5. The van der Waals surface area contributed by atoms with Gasteiger partial charge in [0.05, 0.1) is 7.11 Å². The normalized spacial score (nSPS) is 20.8. The fraction of sp³-hybridized carbons (Fsp3) is 0.667. The van der Waals surface area contributed by atoms with Gasteiger partial charge in [0.2, 0.25) is 0 Å². The van der Waals surface area contributed by atoms with Gasteiger partial charge in [-0.15, -0.1) is 0 Å². The molecule has 0 aromatic heterocycles. The van der Waals surface area contributed by atoms with Crippen LogP contribution < -0.4 is 5.73 Å². The number of carbonyl (C=O) groups excluding carboxylic acids is 1. The monoisotopic (exact) mass is 331 g/mol. The Kier molecular flexibility index (Phi) is 8.31. The maximum atomic E-state index is 11.1. The molecule has 0 spiro atoms. The molecule has 2 N–H and O–H groups in total. The van der Waals surface area contributed by atoms with Gasteiger partial charge in [-0.1, -0.05) is 30.7 Å². The zero-order valence-corrected chi connectivity index (χ0v) is 15.1. The molecule has 0 atom stereocenters. The molecule has 0 heterocycles. The van der Waals surface area contributed by atoms with Crippen molar-refractivity contribution in [2.75, 3.05) is 13.7 Å². The van der Waals surface area contributed by atoms with E-state index in [9.17, 15) is 4.79 Å². The third-order valence-electron chi connectivity index (χ3n) is 5.42. The SMILES string of the molecule is COC(=O)CCCCCc1ccc(CC2CCC(CN)CC2)cc1. The van der Waals surface area contributed by atoms with E-state index in [2.05, 4.69) is 29.0 Å². The average Bonchev–Trinajstić information content (AvgIpc) is 2.63. The highest BCUT2D eigenvalue weighted by molar-refractivity contribution is 5.68. The Labute approximate surface area is 147 Å². The molecular weight excluding hydrogens is 298 g/mol. The molecule has 0 bridgehead atoms. The van der Waals surface area contributed by atoms with E-state index in [0.29, 0.717) is 6.42 Å². The molecule has 1 aromatic rings. The molecule has 1 saturated carbocycles. The lowest BCUT2D eigenvalue weighted by Crippen LogP contribution is -2.22. The number of hydrogen-bond acceptors (Lipinski definition) is 3. The Morgan fingerprint density at radius 1 is 1.00 bits per heavy atom. The molecular formula is C21H33NO2. The van der Waals surface area contributed by atoms with Gasteiger partial charge in [0.15, 0.2) is 0 Å². The molecule has 1 fully saturated rings.